The number of halogens is 3. The third kappa shape index (κ3) is 3.69. The highest BCUT2D eigenvalue weighted by Gasteiger charge is 2.09. The molecule has 1 atom stereocenters. The second kappa shape index (κ2) is 6.22. The zero-order valence-corrected chi connectivity index (χ0v) is 14.4. The molecule has 0 heterocycles. The highest BCUT2D eigenvalue weighted by molar-refractivity contribution is 14.1. The second-order valence-electron chi connectivity index (χ2n) is 4.50. The summed E-state index contributed by atoms with van der Waals surface area (Å²) >= 11 is 5.52. The zero-order chi connectivity index (χ0) is 14.0. The standard InChI is InChI=1S/C15H14BrFIN/c1-9-7-12(18)4-6-15(9)19-10(2)11-3-5-14(17)13(16)8-11/h3-8,10,19H,1-2H3. The molecule has 0 spiro atoms. The fourth-order valence-corrected chi connectivity index (χ4v) is 2.93. The van der Waals surface area contributed by atoms with E-state index in [4.69, 9.17) is 0 Å². The first-order valence-corrected chi connectivity index (χ1v) is 7.82. The molecule has 0 saturated carbocycles. The van der Waals surface area contributed by atoms with E-state index in [1.165, 1.54) is 15.2 Å². The van der Waals surface area contributed by atoms with Gasteiger partial charge in [0.1, 0.15) is 5.82 Å². The number of hydrogen-bond donors (Lipinski definition) is 1. The molecule has 4 heteroatoms. The summed E-state index contributed by atoms with van der Waals surface area (Å²) in [5, 5.41) is 3.45. The largest absolute Gasteiger partial charge is 0.378 e. The monoisotopic (exact) mass is 433 g/mol. The number of nitrogens with one attached hydrogen (secondary N) is 1. The topological polar surface area (TPSA) is 12.0 Å². The summed E-state index contributed by atoms with van der Waals surface area (Å²) < 4.78 is 14.9. The Morgan fingerprint density at radius 3 is 2.58 bits per heavy atom. The van der Waals surface area contributed by atoms with Gasteiger partial charge < -0.3 is 5.32 Å². The lowest BCUT2D eigenvalue weighted by atomic mass is 10.1. The predicted molar refractivity (Wildman–Crippen MR) is 90.0 cm³/mol. The van der Waals surface area contributed by atoms with Crippen LogP contribution in [0.4, 0.5) is 10.1 Å². The Morgan fingerprint density at radius 1 is 1.21 bits per heavy atom. The Hall–Kier alpha value is -0.620. The van der Waals surface area contributed by atoms with E-state index in [2.05, 4.69) is 75.9 Å². The fraction of sp³-hybridized carbons (Fsp3) is 0.200. The maximum atomic E-state index is 13.2. The molecule has 0 amide bonds. The fourth-order valence-electron chi connectivity index (χ4n) is 1.89. The van der Waals surface area contributed by atoms with Crippen LogP contribution in [0.5, 0.6) is 0 Å². The van der Waals surface area contributed by atoms with Crippen molar-refractivity contribution in [3.8, 4) is 0 Å². The van der Waals surface area contributed by atoms with Crippen LogP contribution in [0.25, 0.3) is 0 Å². The lowest BCUT2D eigenvalue weighted by Crippen LogP contribution is -2.08. The van der Waals surface area contributed by atoms with Crippen LogP contribution < -0.4 is 5.32 Å². The number of rotatable bonds is 3. The number of aryl methyl sites for hydroxylation is 1. The highest BCUT2D eigenvalue weighted by atomic mass is 127. The normalized spacial score (nSPS) is 12.3. The van der Waals surface area contributed by atoms with Gasteiger partial charge in [0, 0.05) is 15.3 Å². The molecule has 0 aromatic heterocycles. The van der Waals surface area contributed by atoms with Crippen LogP contribution in [-0.4, -0.2) is 0 Å². The summed E-state index contributed by atoms with van der Waals surface area (Å²) in [6.45, 7) is 4.15. The Morgan fingerprint density at radius 2 is 1.95 bits per heavy atom. The first-order chi connectivity index (χ1) is 8.97. The van der Waals surface area contributed by atoms with Gasteiger partial charge in [0.2, 0.25) is 0 Å². The lowest BCUT2D eigenvalue weighted by Gasteiger charge is -2.18. The van der Waals surface area contributed by atoms with Gasteiger partial charge in [0.05, 0.1) is 4.47 Å². The van der Waals surface area contributed by atoms with Gasteiger partial charge in [-0.25, -0.2) is 4.39 Å². The third-order valence-electron chi connectivity index (χ3n) is 3.00. The molecule has 0 radical (unpaired) electrons. The van der Waals surface area contributed by atoms with Crippen LogP contribution in [-0.2, 0) is 0 Å². The molecule has 2 rings (SSSR count). The molecule has 0 aliphatic heterocycles. The maximum absolute atomic E-state index is 13.2. The van der Waals surface area contributed by atoms with Crippen molar-refractivity contribution in [1.29, 1.82) is 0 Å². The van der Waals surface area contributed by atoms with Gasteiger partial charge in [-0.2, -0.15) is 0 Å². The van der Waals surface area contributed by atoms with Gasteiger partial charge in [-0.1, -0.05) is 6.07 Å². The molecule has 19 heavy (non-hydrogen) atoms. The summed E-state index contributed by atoms with van der Waals surface area (Å²) in [7, 11) is 0. The molecule has 1 N–H and O–H groups in total. The van der Waals surface area contributed by atoms with E-state index < -0.39 is 0 Å². The van der Waals surface area contributed by atoms with Crippen LogP contribution in [0, 0.1) is 16.3 Å². The number of benzene rings is 2. The quantitative estimate of drug-likeness (QED) is 0.614. The van der Waals surface area contributed by atoms with Crippen LogP contribution in [0.3, 0.4) is 0 Å². The first-order valence-electron chi connectivity index (χ1n) is 5.95. The minimum Gasteiger partial charge on any atom is -0.378 e. The van der Waals surface area contributed by atoms with Gasteiger partial charge in [0.15, 0.2) is 0 Å². The van der Waals surface area contributed by atoms with E-state index in [9.17, 15) is 4.39 Å². The number of hydrogen-bond acceptors (Lipinski definition) is 1. The summed E-state index contributed by atoms with van der Waals surface area (Å²) in [4.78, 5) is 0. The van der Waals surface area contributed by atoms with Crippen LogP contribution >= 0.6 is 38.5 Å². The highest BCUT2D eigenvalue weighted by Crippen LogP contribution is 2.26. The third-order valence-corrected chi connectivity index (χ3v) is 4.28. The van der Waals surface area contributed by atoms with Crippen molar-refractivity contribution in [2.75, 3.05) is 5.32 Å². The molecule has 100 valence electrons. The molecular weight excluding hydrogens is 420 g/mol. The van der Waals surface area contributed by atoms with E-state index in [1.54, 1.807) is 6.07 Å². The average Bonchev–Trinajstić information content (AvgIpc) is 2.36. The van der Waals surface area contributed by atoms with E-state index >= 15 is 0 Å². The van der Waals surface area contributed by atoms with Crippen molar-refractivity contribution in [1.82, 2.24) is 0 Å². The molecular formula is C15H14BrFIN. The Bertz CT molecular complexity index is 601. The minimum atomic E-state index is -0.235. The van der Waals surface area contributed by atoms with Gasteiger partial charge in [-0.05, 0) is 93.8 Å². The first kappa shape index (κ1) is 14.8. The lowest BCUT2D eigenvalue weighted by molar-refractivity contribution is 0.619. The van der Waals surface area contributed by atoms with Crippen molar-refractivity contribution in [3.63, 3.8) is 0 Å². The summed E-state index contributed by atoms with van der Waals surface area (Å²) in [6, 6.07) is 11.5. The predicted octanol–water partition coefficient (Wildman–Crippen LogP) is 5.67. The molecule has 0 fully saturated rings. The molecule has 2 aromatic carbocycles. The number of anilines is 1. The minimum absolute atomic E-state index is 0.121. The molecule has 1 unspecified atom stereocenters. The molecule has 0 bridgehead atoms. The zero-order valence-electron chi connectivity index (χ0n) is 10.7. The van der Waals surface area contributed by atoms with Gasteiger partial charge in [-0.15, -0.1) is 0 Å². The van der Waals surface area contributed by atoms with E-state index in [-0.39, 0.29) is 11.9 Å². The molecule has 0 saturated heterocycles. The maximum Gasteiger partial charge on any atom is 0.137 e. The Balaban J connectivity index is 2.20. The molecule has 2 aromatic rings. The molecule has 0 aliphatic carbocycles. The van der Waals surface area contributed by atoms with E-state index in [1.807, 2.05) is 6.07 Å². The summed E-state index contributed by atoms with van der Waals surface area (Å²) in [5.41, 5.74) is 3.36. The van der Waals surface area contributed by atoms with Crippen LogP contribution in [0.1, 0.15) is 24.1 Å². The van der Waals surface area contributed by atoms with Crippen LogP contribution in [0.2, 0.25) is 0 Å². The van der Waals surface area contributed by atoms with Gasteiger partial charge in [-0.3, -0.25) is 0 Å². The average molecular weight is 434 g/mol. The SMILES string of the molecule is Cc1cc(I)ccc1NC(C)c1ccc(F)c(Br)c1. The van der Waals surface area contributed by atoms with E-state index in [0.29, 0.717) is 4.47 Å². The Kier molecular flexibility index (Phi) is 4.84. The van der Waals surface area contributed by atoms with Gasteiger partial charge >= 0.3 is 0 Å². The van der Waals surface area contributed by atoms with Crippen molar-refractivity contribution in [2.45, 2.75) is 19.9 Å². The van der Waals surface area contributed by atoms with Crippen molar-refractivity contribution >= 4 is 44.2 Å². The Labute approximate surface area is 134 Å². The van der Waals surface area contributed by atoms with Crippen molar-refractivity contribution in [3.05, 3.63) is 61.4 Å². The van der Waals surface area contributed by atoms with Crippen molar-refractivity contribution in [2.24, 2.45) is 0 Å². The van der Waals surface area contributed by atoms with Crippen LogP contribution in [0.15, 0.2) is 40.9 Å². The summed E-state index contributed by atoms with van der Waals surface area (Å²) in [6.07, 6.45) is 0. The van der Waals surface area contributed by atoms with Crippen molar-refractivity contribution < 1.29 is 4.39 Å². The van der Waals surface area contributed by atoms with Gasteiger partial charge in [0.25, 0.3) is 0 Å². The smallest absolute Gasteiger partial charge is 0.137 e. The molecule has 1 nitrogen and oxygen atoms in total. The summed E-state index contributed by atoms with van der Waals surface area (Å²) in [5.74, 6) is -0.235. The van der Waals surface area contributed by atoms with E-state index in [0.717, 1.165) is 11.3 Å². The molecule has 0 aliphatic rings. The second-order valence-corrected chi connectivity index (χ2v) is 6.60.